The van der Waals surface area contributed by atoms with Crippen molar-refractivity contribution in [3.05, 3.63) is 48.0 Å². The van der Waals surface area contributed by atoms with Crippen molar-refractivity contribution in [2.45, 2.75) is 6.42 Å². The largest absolute Gasteiger partial charge is 0.469 e. The summed E-state index contributed by atoms with van der Waals surface area (Å²) in [7, 11) is 0. The number of aromatic nitrogens is 1. The summed E-state index contributed by atoms with van der Waals surface area (Å²) in [5.74, 6) is 6.35. The number of carbonyl (C=O) groups excluding carboxylic acids is 1. The molecule has 0 spiro atoms. The molecule has 0 bridgehead atoms. The fourth-order valence-corrected chi connectivity index (χ4v) is 1.51. The number of furan rings is 1. The van der Waals surface area contributed by atoms with Crippen LogP contribution in [0.1, 0.15) is 16.1 Å². The van der Waals surface area contributed by atoms with Crippen LogP contribution in [0.25, 0.3) is 0 Å². The van der Waals surface area contributed by atoms with Gasteiger partial charge in [-0.1, -0.05) is 0 Å². The zero-order chi connectivity index (χ0) is 12.8. The molecule has 2 aromatic rings. The van der Waals surface area contributed by atoms with E-state index in [1.165, 1.54) is 6.20 Å². The Morgan fingerprint density at radius 1 is 1.44 bits per heavy atom. The lowest BCUT2D eigenvalue weighted by atomic mass is 10.2. The lowest BCUT2D eigenvalue weighted by Crippen LogP contribution is -2.25. The van der Waals surface area contributed by atoms with Crippen LogP contribution in [0.2, 0.25) is 0 Å². The van der Waals surface area contributed by atoms with E-state index in [0.717, 1.165) is 5.76 Å². The van der Waals surface area contributed by atoms with Crippen LogP contribution in [0.3, 0.4) is 0 Å². The highest BCUT2D eigenvalue weighted by Gasteiger charge is 2.06. The van der Waals surface area contributed by atoms with Crippen LogP contribution in [0.15, 0.2) is 41.1 Å². The van der Waals surface area contributed by atoms with Gasteiger partial charge in [-0.2, -0.15) is 0 Å². The molecule has 0 saturated carbocycles. The quantitative estimate of drug-likeness (QED) is 0.539. The topological polar surface area (TPSA) is 93.2 Å². The van der Waals surface area contributed by atoms with Gasteiger partial charge in [-0.25, -0.2) is 10.8 Å². The Labute approximate surface area is 104 Å². The Kier molecular flexibility index (Phi) is 3.93. The Balaban J connectivity index is 1.87. The van der Waals surface area contributed by atoms with Crippen LogP contribution in [0.4, 0.5) is 5.82 Å². The monoisotopic (exact) mass is 246 g/mol. The number of pyridine rings is 1. The number of amides is 1. The number of anilines is 1. The van der Waals surface area contributed by atoms with Gasteiger partial charge in [0.15, 0.2) is 0 Å². The minimum Gasteiger partial charge on any atom is -0.469 e. The van der Waals surface area contributed by atoms with Gasteiger partial charge < -0.3 is 15.2 Å². The number of hydrazine groups is 1. The molecule has 0 atom stereocenters. The average molecular weight is 246 g/mol. The molecule has 2 heterocycles. The number of nitrogen functional groups attached to an aromatic ring is 1. The normalized spacial score (nSPS) is 10.1. The molecule has 0 aromatic carbocycles. The predicted octanol–water partition coefficient (Wildman–Crippen LogP) is 0.933. The van der Waals surface area contributed by atoms with Gasteiger partial charge in [-0.15, -0.1) is 0 Å². The molecule has 2 rings (SSSR count). The van der Waals surface area contributed by atoms with Gasteiger partial charge in [-0.3, -0.25) is 4.79 Å². The first-order valence-electron chi connectivity index (χ1n) is 5.53. The van der Waals surface area contributed by atoms with E-state index >= 15 is 0 Å². The second-order valence-corrected chi connectivity index (χ2v) is 3.66. The molecule has 0 radical (unpaired) electrons. The lowest BCUT2D eigenvalue weighted by Gasteiger charge is -2.05. The molecule has 0 aliphatic carbocycles. The summed E-state index contributed by atoms with van der Waals surface area (Å²) in [6.07, 6.45) is 3.79. The average Bonchev–Trinajstić information content (AvgIpc) is 2.92. The van der Waals surface area contributed by atoms with Crippen molar-refractivity contribution in [1.82, 2.24) is 10.3 Å². The van der Waals surface area contributed by atoms with Gasteiger partial charge in [0.1, 0.15) is 11.6 Å². The summed E-state index contributed by atoms with van der Waals surface area (Å²) in [4.78, 5) is 15.7. The Morgan fingerprint density at radius 2 is 2.33 bits per heavy atom. The van der Waals surface area contributed by atoms with E-state index in [9.17, 15) is 4.79 Å². The minimum absolute atomic E-state index is 0.166. The number of carbonyl (C=O) groups is 1. The van der Waals surface area contributed by atoms with Crippen LogP contribution < -0.4 is 16.6 Å². The van der Waals surface area contributed by atoms with E-state index in [1.807, 2.05) is 12.1 Å². The molecule has 0 aliphatic heterocycles. The third kappa shape index (κ3) is 3.08. The summed E-state index contributed by atoms with van der Waals surface area (Å²) in [6.45, 7) is 0.514. The van der Waals surface area contributed by atoms with Gasteiger partial charge in [0.05, 0.1) is 6.26 Å². The van der Waals surface area contributed by atoms with Gasteiger partial charge in [-0.05, 0) is 24.3 Å². The number of nitrogens with two attached hydrogens (primary N) is 1. The van der Waals surface area contributed by atoms with Crippen molar-refractivity contribution in [1.29, 1.82) is 0 Å². The number of hydrogen-bond donors (Lipinski definition) is 3. The van der Waals surface area contributed by atoms with Crippen LogP contribution in [0, 0.1) is 0 Å². The zero-order valence-electron chi connectivity index (χ0n) is 9.72. The molecule has 94 valence electrons. The predicted molar refractivity (Wildman–Crippen MR) is 66.8 cm³/mol. The summed E-state index contributed by atoms with van der Waals surface area (Å²) in [5, 5.41) is 2.79. The third-order valence-corrected chi connectivity index (χ3v) is 2.41. The lowest BCUT2D eigenvalue weighted by molar-refractivity contribution is 0.0953. The van der Waals surface area contributed by atoms with E-state index in [2.05, 4.69) is 15.7 Å². The van der Waals surface area contributed by atoms with E-state index in [1.54, 1.807) is 18.4 Å². The van der Waals surface area contributed by atoms with Crippen LogP contribution in [0.5, 0.6) is 0 Å². The molecule has 0 unspecified atom stereocenters. The van der Waals surface area contributed by atoms with Gasteiger partial charge in [0.2, 0.25) is 0 Å². The third-order valence-electron chi connectivity index (χ3n) is 2.41. The summed E-state index contributed by atoms with van der Waals surface area (Å²) in [6, 6.07) is 6.90. The maximum absolute atomic E-state index is 11.8. The first-order valence-corrected chi connectivity index (χ1v) is 5.53. The van der Waals surface area contributed by atoms with Crippen molar-refractivity contribution in [3.63, 3.8) is 0 Å². The smallest absolute Gasteiger partial charge is 0.251 e. The minimum atomic E-state index is -0.166. The zero-order valence-corrected chi connectivity index (χ0v) is 9.72. The number of nitrogens with zero attached hydrogens (tertiary/aromatic N) is 1. The van der Waals surface area contributed by atoms with Crippen LogP contribution in [-0.2, 0) is 6.42 Å². The van der Waals surface area contributed by atoms with Crippen molar-refractivity contribution in [2.24, 2.45) is 5.84 Å². The van der Waals surface area contributed by atoms with Crippen molar-refractivity contribution < 1.29 is 9.21 Å². The van der Waals surface area contributed by atoms with Crippen LogP contribution >= 0.6 is 0 Å². The first-order chi connectivity index (χ1) is 8.79. The number of nitrogens with one attached hydrogen (secondary N) is 2. The molecule has 0 saturated heterocycles. The SMILES string of the molecule is NNc1cc(C(=O)NCCc2ccco2)ccn1. The fraction of sp³-hybridized carbons (Fsp3) is 0.167. The molecular formula is C12H14N4O2. The molecule has 0 aliphatic rings. The second kappa shape index (κ2) is 5.83. The van der Waals surface area contributed by atoms with E-state index in [-0.39, 0.29) is 5.91 Å². The highest BCUT2D eigenvalue weighted by Crippen LogP contribution is 2.05. The van der Waals surface area contributed by atoms with Gasteiger partial charge >= 0.3 is 0 Å². The molecule has 6 nitrogen and oxygen atoms in total. The summed E-state index contributed by atoms with van der Waals surface area (Å²) in [5.41, 5.74) is 2.91. The van der Waals surface area contributed by atoms with Gasteiger partial charge in [0.25, 0.3) is 5.91 Å². The number of hydrogen-bond acceptors (Lipinski definition) is 5. The molecule has 18 heavy (non-hydrogen) atoms. The van der Waals surface area contributed by atoms with E-state index < -0.39 is 0 Å². The molecular weight excluding hydrogens is 232 g/mol. The molecule has 0 fully saturated rings. The van der Waals surface area contributed by atoms with Crippen molar-refractivity contribution in [2.75, 3.05) is 12.0 Å². The fourth-order valence-electron chi connectivity index (χ4n) is 1.51. The molecule has 2 aromatic heterocycles. The summed E-state index contributed by atoms with van der Waals surface area (Å²) < 4.78 is 5.17. The van der Waals surface area contributed by atoms with Gasteiger partial charge in [0, 0.05) is 24.7 Å². The molecule has 1 amide bonds. The van der Waals surface area contributed by atoms with E-state index in [0.29, 0.717) is 24.3 Å². The van der Waals surface area contributed by atoms with Crippen LogP contribution in [-0.4, -0.2) is 17.4 Å². The highest BCUT2D eigenvalue weighted by molar-refractivity contribution is 5.94. The van der Waals surface area contributed by atoms with Crippen molar-refractivity contribution in [3.8, 4) is 0 Å². The number of rotatable bonds is 5. The molecule has 4 N–H and O–H groups in total. The Morgan fingerprint density at radius 3 is 3.06 bits per heavy atom. The second-order valence-electron chi connectivity index (χ2n) is 3.66. The standard InChI is InChI=1S/C12H14N4O2/c13-16-11-8-9(3-5-14-11)12(17)15-6-4-10-2-1-7-18-10/h1-3,5,7-8H,4,6,13H2,(H,14,16)(H,15,17). The summed E-state index contributed by atoms with van der Waals surface area (Å²) >= 11 is 0. The van der Waals surface area contributed by atoms with Crippen molar-refractivity contribution >= 4 is 11.7 Å². The maximum Gasteiger partial charge on any atom is 0.251 e. The maximum atomic E-state index is 11.8. The highest BCUT2D eigenvalue weighted by atomic mass is 16.3. The first kappa shape index (κ1) is 12.1. The Hall–Kier alpha value is -2.34. The Bertz CT molecular complexity index is 511. The van der Waals surface area contributed by atoms with E-state index in [4.69, 9.17) is 10.3 Å². The molecule has 6 heteroatoms.